The van der Waals surface area contributed by atoms with Gasteiger partial charge in [0.25, 0.3) is 0 Å². The molecule has 0 amide bonds. The summed E-state index contributed by atoms with van der Waals surface area (Å²) in [6.07, 6.45) is -3.16. The number of nitrogen functional groups attached to an aromatic ring is 1. The summed E-state index contributed by atoms with van der Waals surface area (Å²) in [5.74, 6) is 0.109. The molecule has 0 spiro atoms. The first-order valence-electron chi connectivity index (χ1n) is 5.96. The molecule has 7 heteroatoms. The summed E-state index contributed by atoms with van der Waals surface area (Å²) in [6, 6.07) is 5.70. The Morgan fingerprint density at radius 3 is 2.55 bits per heavy atom. The Bertz CT molecular complexity index is 605. The van der Waals surface area contributed by atoms with Crippen molar-refractivity contribution in [3.8, 4) is 17.0 Å². The minimum absolute atomic E-state index is 0.117. The van der Waals surface area contributed by atoms with Gasteiger partial charge in [-0.2, -0.15) is 0 Å². The van der Waals surface area contributed by atoms with Crippen molar-refractivity contribution in [2.45, 2.75) is 26.3 Å². The molecule has 0 unspecified atom stereocenters. The van der Waals surface area contributed by atoms with E-state index < -0.39 is 6.36 Å². The number of ether oxygens (including phenoxy) is 1. The topological polar surface area (TPSA) is 53.1 Å². The summed E-state index contributed by atoms with van der Waals surface area (Å²) < 4.78 is 42.2. The van der Waals surface area contributed by atoms with Crippen LogP contribution in [0.1, 0.15) is 19.9 Å². The second kappa shape index (κ2) is 5.07. The molecular formula is C13H14F3N3O. The Kier molecular flexibility index (Phi) is 3.61. The van der Waals surface area contributed by atoms with Crippen LogP contribution in [0.15, 0.2) is 30.6 Å². The van der Waals surface area contributed by atoms with Gasteiger partial charge in [0.2, 0.25) is 0 Å². The summed E-state index contributed by atoms with van der Waals surface area (Å²) in [7, 11) is 0. The van der Waals surface area contributed by atoms with Gasteiger partial charge in [-0.05, 0) is 26.0 Å². The molecule has 0 aliphatic carbocycles. The van der Waals surface area contributed by atoms with Crippen LogP contribution in [0.3, 0.4) is 0 Å². The van der Waals surface area contributed by atoms with Crippen molar-refractivity contribution in [3.05, 3.63) is 30.6 Å². The van der Waals surface area contributed by atoms with Gasteiger partial charge in [0, 0.05) is 11.6 Å². The molecule has 0 aliphatic heterocycles. The second-order valence-electron chi connectivity index (χ2n) is 4.56. The van der Waals surface area contributed by atoms with Crippen LogP contribution in [-0.2, 0) is 0 Å². The van der Waals surface area contributed by atoms with Crippen molar-refractivity contribution in [2.75, 3.05) is 5.73 Å². The van der Waals surface area contributed by atoms with Crippen LogP contribution in [-0.4, -0.2) is 15.9 Å². The van der Waals surface area contributed by atoms with E-state index in [4.69, 9.17) is 5.73 Å². The fraction of sp³-hybridized carbons (Fsp3) is 0.308. The van der Waals surface area contributed by atoms with E-state index in [2.05, 4.69) is 9.72 Å². The number of rotatable bonds is 3. The fourth-order valence-electron chi connectivity index (χ4n) is 1.84. The van der Waals surface area contributed by atoms with Gasteiger partial charge in [-0.25, -0.2) is 4.98 Å². The van der Waals surface area contributed by atoms with Crippen LogP contribution in [0.5, 0.6) is 5.75 Å². The molecule has 1 aromatic carbocycles. The van der Waals surface area contributed by atoms with Crippen molar-refractivity contribution in [2.24, 2.45) is 0 Å². The minimum Gasteiger partial charge on any atom is -0.406 e. The van der Waals surface area contributed by atoms with Crippen molar-refractivity contribution in [3.63, 3.8) is 0 Å². The van der Waals surface area contributed by atoms with Crippen LogP contribution in [0.25, 0.3) is 11.3 Å². The summed E-state index contributed by atoms with van der Waals surface area (Å²) in [5, 5.41) is 0. The number of anilines is 1. The summed E-state index contributed by atoms with van der Waals surface area (Å²) in [4.78, 5) is 4.15. The maximum absolute atomic E-state index is 12.2. The zero-order chi connectivity index (χ0) is 14.9. The first kappa shape index (κ1) is 14.2. The highest BCUT2D eigenvalue weighted by molar-refractivity contribution is 5.71. The number of benzene rings is 1. The fourth-order valence-corrected chi connectivity index (χ4v) is 1.84. The predicted octanol–water partition coefficient (Wildman–Crippen LogP) is 3.61. The zero-order valence-corrected chi connectivity index (χ0v) is 11.0. The highest BCUT2D eigenvalue weighted by atomic mass is 19.4. The van der Waals surface area contributed by atoms with Crippen molar-refractivity contribution < 1.29 is 17.9 Å². The van der Waals surface area contributed by atoms with E-state index in [1.807, 2.05) is 13.8 Å². The summed E-state index contributed by atoms with van der Waals surface area (Å²) in [6.45, 7) is 3.87. The second-order valence-corrected chi connectivity index (χ2v) is 4.56. The maximum Gasteiger partial charge on any atom is 0.573 e. The summed E-state index contributed by atoms with van der Waals surface area (Å²) in [5.41, 5.74) is 6.86. The predicted molar refractivity (Wildman–Crippen MR) is 69.1 cm³/mol. The maximum atomic E-state index is 12.2. The van der Waals surface area contributed by atoms with Crippen molar-refractivity contribution in [1.82, 2.24) is 9.55 Å². The third-order valence-electron chi connectivity index (χ3n) is 2.73. The molecule has 0 fully saturated rings. The molecule has 0 aliphatic rings. The Morgan fingerprint density at radius 1 is 1.30 bits per heavy atom. The molecule has 1 heterocycles. The van der Waals surface area contributed by atoms with E-state index in [1.165, 1.54) is 18.2 Å². The lowest BCUT2D eigenvalue weighted by molar-refractivity contribution is -0.274. The number of imidazole rings is 1. The molecule has 2 aromatic rings. The monoisotopic (exact) mass is 285 g/mol. The van der Waals surface area contributed by atoms with Crippen molar-refractivity contribution in [1.29, 1.82) is 0 Å². The van der Waals surface area contributed by atoms with Crippen LogP contribution < -0.4 is 10.5 Å². The molecular weight excluding hydrogens is 271 g/mol. The molecule has 20 heavy (non-hydrogen) atoms. The number of nitrogens with zero attached hydrogens (tertiary/aromatic N) is 2. The Morgan fingerprint density at radius 2 is 2.00 bits per heavy atom. The first-order chi connectivity index (χ1) is 9.28. The SMILES string of the molecule is CC(C)n1cnc(-c2cccc(OC(F)(F)F)c2)c1N. The Balaban J connectivity index is 2.36. The normalized spacial score (nSPS) is 11.9. The first-order valence-corrected chi connectivity index (χ1v) is 5.96. The van der Waals surface area contributed by atoms with Gasteiger partial charge in [0.05, 0.1) is 6.33 Å². The molecule has 2 N–H and O–H groups in total. The molecule has 0 saturated carbocycles. The number of hydrogen-bond acceptors (Lipinski definition) is 3. The van der Waals surface area contributed by atoms with Crippen LogP contribution in [0.4, 0.5) is 19.0 Å². The minimum atomic E-state index is -4.72. The van der Waals surface area contributed by atoms with E-state index >= 15 is 0 Å². The molecule has 0 radical (unpaired) electrons. The number of aromatic nitrogens is 2. The lowest BCUT2D eigenvalue weighted by Crippen LogP contribution is -2.17. The van der Waals surface area contributed by atoms with Gasteiger partial charge in [-0.3, -0.25) is 0 Å². The van der Waals surface area contributed by atoms with E-state index in [0.29, 0.717) is 17.1 Å². The standard InChI is InChI=1S/C13H14F3N3O/c1-8(2)19-7-18-11(12(19)17)9-4-3-5-10(6-9)20-13(14,15)16/h3-8H,17H2,1-2H3. The lowest BCUT2D eigenvalue weighted by atomic mass is 10.1. The van der Waals surface area contributed by atoms with E-state index in [0.717, 1.165) is 0 Å². The van der Waals surface area contributed by atoms with E-state index in [9.17, 15) is 13.2 Å². The highest BCUT2D eigenvalue weighted by Crippen LogP contribution is 2.30. The van der Waals surface area contributed by atoms with Gasteiger partial charge in [0.1, 0.15) is 17.3 Å². The average molecular weight is 285 g/mol. The number of alkyl halides is 3. The zero-order valence-electron chi connectivity index (χ0n) is 11.0. The third kappa shape index (κ3) is 3.04. The Hall–Kier alpha value is -2.18. The Labute approximate surface area is 114 Å². The smallest absolute Gasteiger partial charge is 0.406 e. The van der Waals surface area contributed by atoms with Gasteiger partial charge < -0.3 is 15.0 Å². The van der Waals surface area contributed by atoms with Gasteiger partial charge >= 0.3 is 6.36 Å². The molecule has 2 rings (SSSR count). The van der Waals surface area contributed by atoms with E-state index in [-0.39, 0.29) is 11.8 Å². The lowest BCUT2D eigenvalue weighted by Gasteiger charge is -2.11. The van der Waals surface area contributed by atoms with Gasteiger partial charge in [0.15, 0.2) is 0 Å². The van der Waals surface area contributed by atoms with Crippen LogP contribution in [0, 0.1) is 0 Å². The van der Waals surface area contributed by atoms with E-state index in [1.54, 1.807) is 17.0 Å². The van der Waals surface area contributed by atoms with Crippen LogP contribution in [0.2, 0.25) is 0 Å². The third-order valence-corrected chi connectivity index (χ3v) is 2.73. The molecule has 0 saturated heterocycles. The van der Waals surface area contributed by atoms with Gasteiger partial charge in [-0.15, -0.1) is 13.2 Å². The molecule has 4 nitrogen and oxygen atoms in total. The molecule has 108 valence electrons. The number of hydrogen-bond donors (Lipinski definition) is 1. The van der Waals surface area contributed by atoms with Gasteiger partial charge in [-0.1, -0.05) is 12.1 Å². The van der Waals surface area contributed by atoms with Crippen molar-refractivity contribution >= 4 is 5.82 Å². The quantitative estimate of drug-likeness (QED) is 0.937. The van der Waals surface area contributed by atoms with Crippen LogP contribution >= 0.6 is 0 Å². The average Bonchev–Trinajstić information content (AvgIpc) is 2.69. The summed E-state index contributed by atoms with van der Waals surface area (Å²) >= 11 is 0. The molecule has 1 aromatic heterocycles. The largest absolute Gasteiger partial charge is 0.573 e. The highest BCUT2D eigenvalue weighted by Gasteiger charge is 2.31. The number of nitrogens with two attached hydrogens (primary N) is 1. The number of halogens is 3. The molecule has 0 atom stereocenters. The molecule has 0 bridgehead atoms.